The van der Waals surface area contributed by atoms with Gasteiger partial charge in [-0.3, -0.25) is 0 Å². The molecule has 4 nitrogen and oxygen atoms in total. The van der Waals surface area contributed by atoms with Crippen LogP contribution >= 0.6 is 15.9 Å². The Kier molecular flexibility index (Phi) is 1.90. The highest BCUT2D eigenvalue weighted by Gasteiger charge is 2.42. The van der Waals surface area contributed by atoms with E-state index in [0.717, 1.165) is 17.6 Å². The molecule has 1 aliphatic rings. The Bertz CT molecular complexity index is 279. The molecule has 1 heterocycles. The number of alkyl halides is 1. The molecule has 0 aromatic carbocycles. The maximum atomic E-state index is 4.16. The van der Waals surface area contributed by atoms with E-state index in [4.69, 9.17) is 0 Å². The normalized spacial score (nSPS) is 19.5. The minimum Gasteiger partial charge on any atom is -0.167 e. The number of hydrogen-bond acceptors (Lipinski definition) is 3. The highest BCUT2D eigenvalue weighted by atomic mass is 79.9. The van der Waals surface area contributed by atoms with Gasteiger partial charge in [0.25, 0.3) is 0 Å². The van der Waals surface area contributed by atoms with Gasteiger partial charge in [-0.2, -0.15) is 4.80 Å². The molecule has 0 radical (unpaired) electrons. The smallest absolute Gasteiger partial charge is 0.167 e. The third kappa shape index (κ3) is 1.50. The zero-order valence-corrected chi connectivity index (χ0v) is 8.58. The summed E-state index contributed by atoms with van der Waals surface area (Å²) in [5.74, 6) is 0.870. The molecule has 0 unspecified atom stereocenters. The van der Waals surface area contributed by atoms with Gasteiger partial charge in [-0.05, 0) is 23.5 Å². The molecule has 12 heavy (non-hydrogen) atoms. The van der Waals surface area contributed by atoms with Crippen LogP contribution in [0.5, 0.6) is 0 Å². The molecular weight excluding hydrogens is 220 g/mol. The van der Waals surface area contributed by atoms with Gasteiger partial charge in [-0.15, -0.1) is 10.2 Å². The first kappa shape index (κ1) is 8.16. The van der Waals surface area contributed by atoms with E-state index in [1.54, 1.807) is 7.05 Å². The lowest BCUT2D eigenvalue weighted by molar-refractivity contribution is 0.559. The van der Waals surface area contributed by atoms with E-state index in [2.05, 4.69) is 31.3 Å². The van der Waals surface area contributed by atoms with Crippen LogP contribution in [0.3, 0.4) is 0 Å². The van der Waals surface area contributed by atoms with E-state index >= 15 is 0 Å². The van der Waals surface area contributed by atoms with E-state index in [0.29, 0.717) is 5.41 Å². The van der Waals surface area contributed by atoms with Gasteiger partial charge in [-0.1, -0.05) is 15.9 Å². The van der Waals surface area contributed by atoms with Crippen molar-refractivity contribution in [3.8, 4) is 0 Å². The molecule has 0 spiro atoms. The summed E-state index contributed by atoms with van der Waals surface area (Å²) in [7, 11) is 1.80. The van der Waals surface area contributed by atoms with Crippen LogP contribution < -0.4 is 0 Å². The summed E-state index contributed by atoms with van der Waals surface area (Å²) in [6.45, 7) is 0. The number of nitrogens with zero attached hydrogens (tertiary/aromatic N) is 4. The van der Waals surface area contributed by atoms with Crippen LogP contribution in [-0.4, -0.2) is 25.5 Å². The van der Waals surface area contributed by atoms with Crippen LogP contribution in [0.15, 0.2) is 0 Å². The van der Waals surface area contributed by atoms with Gasteiger partial charge in [0.05, 0.1) is 7.05 Å². The van der Waals surface area contributed by atoms with Crippen molar-refractivity contribution in [1.82, 2.24) is 20.2 Å². The Morgan fingerprint density at radius 3 is 2.75 bits per heavy atom. The summed E-state index contributed by atoms with van der Waals surface area (Å²) in [6.07, 6.45) is 3.54. The fourth-order valence-electron chi connectivity index (χ4n) is 1.26. The van der Waals surface area contributed by atoms with Crippen LogP contribution in [-0.2, 0) is 13.5 Å². The first-order valence-corrected chi connectivity index (χ1v) is 5.15. The highest BCUT2D eigenvalue weighted by molar-refractivity contribution is 9.09. The van der Waals surface area contributed by atoms with Crippen molar-refractivity contribution in [2.24, 2.45) is 12.5 Å². The second-order valence-corrected chi connectivity index (χ2v) is 4.07. The van der Waals surface area contributed by atoms with E-state index in [9.17, 15) is 0 Å². The predicted octanol–water partition coefficient (Wildman–Crippen LogP) is 0.928. The molecular formula is C7H11BrN4. The molecule has 1 saturated carbocycles. The standard InChI is InChI=1S/C7H11BrN4/c1-12-10-6(9-11-12)4-7(5-8)2-3-7/h2-5H2,1H3. The quantitative estimate of drug-likeness (QED) is 0.727. The van der Waals surface area contributed by atoms with Gasteiger partial charge in [-0.25, -0.2) is 0 Å². The van der Waals surface area contributed by atoms with E-state index in [-0.39, 0.29) is 0 Å². The molecule has 0 atom stereocenters. The molecule has 0 N–H and O–H groups in total. The molecule has 0 amide bonds. The number of aryl methyl sites for hydroxylation is 1. The topological polar surface area (TPSA) is 43.6 Å². The van der Waals surface area contributed by atoms with Crippen molar-refractivity contribution in [3.05, 3.63) is 5.82 Å². The van der Waals surface area contributed by atoms with Crippen LogP contribution in [0.4, 0.5) is 0 Å². The van der Waals surface area contributed by atoms with Crippen molar-refractivity contribution in [2.75, 3.05) is 5.33 Å². The molecule has 2 rings (SSSR count). The molecule has 1 fully saturated rings. The molecule has 1 aromatic heterocycles. The number of tetrazole rings is 1. The zero-order chi connectivity index (χ0) is 8.60. The van der Waals surface area contributed by atoms with Crippen molar-refractivity contribution in [3.63, 3.8) is 0 Å². The van der Waals surface area contributed by atoms with Crippen LogP contribution in [0.2, 0.25) is 0 Å². The summed E-state index contributed by atoms with van der Waals surface area (Å²) in [5.41, 5.74) is 0.447. The number of halogens is 1. The zero-order valence-electron chi connectivity index (χ0n) is 7.00. The van der Waals surface area contributed by atoms with Crippen molar-refractivity contribution in [2.45, 2.75) is 19.3 Å². The second kappa shape index (κ2) is 2.80. The lowest BCUT2D eigenvalue weighted by Gasteiger charge is -2.05. The Morgan fingerprint density at radius 2 is 2.33 bits per heavy atom. The van der Waals surface area contributed by atoms with Crippen molar-refractivity contribution in [1.29, 1.82) is 0 Å². The van der Waals surface area contributed by atoms with Gasteiger partial charge in [0.2, 0.25) is 0 Å². The molecule has 0 bridgehead atoms. The van der Waals surface area contributed by atoms with Gasteiger partial charge >= 0.3 is 0 Å². The Balaban J connectivity index is 2.04. The third-order valence-corrected chi connectivity index (χ3v) is 3.51. The fourth-order valence-corrected chi connectivity index (χ4v) is 2.02. The average molecular weight is 231 g/mol. The Labute approximate surface area is 79.5 Å². The lowest BCUT2D eigenvalue weighted by Crippen LogP contribution is -2.08. The van der Waals surface area contributed by atoms with Gasteiger partial charge < -0.3 is 0 Å². The summed E-state index contributed by atoms with van der Waals surface area (Å²) in [4.78, 5) is 1.51. The minimum absolute atomic E-state index is 0.447. The fraction of sp³-hybridized carbons (Fsp3) is 0.857. The van der Waals surface area contributed by atoms with Gasteiger partial charge in [0, 0.05) is 11.8 Å². The highest BCUT2D eigenvalue weighted by Crippen LogP contribution is 2.49. The first-order chi connectivity index (χ1) is 5.74. The van der Waals surface area contributed by atoms with Crippen molar-refractivity contribution >= 4 is 15.9 Å². The Morgan fingerprint density at radius 1 is 1.58 bits per heavy atom. The third-order valence-electron chi connectivity index (χ3n) is 2.32. The first-order valence-electron chi connectivity index (χ1n) is 4.03. The summed E-state index contributed by atoms with van der Waals surface area (Å²) in [5, 5.41) is 13.0. The lowest BCUT2D eigenvalue weighted by atomic mass is 10.1. The van der Waals surface area contributed by atoms with E-state index < -0.39 is 0 Å². The SMILES string of the molecule is Cn1nnc(CC2(CBr)CC2)n1. The number of rotatable bonds is 3. The number of aromatic nitrogens is 4. The van der Waals surface area contributed by atoms with Crippen LogP contribution in [0.1, 0.15) is 18.7 Å². The largest absolute Gasteiger partial charge is 0.175 e. The maximum Gasteiger partial charge on any atom is 0.175 e. The number of hydrogen-bond donors (Lipinski definition) is 0. The van der Waals surface area contributed by atoms with Crippen LogP contribution in [0, 0.1) is 5.41 Å². The summed E-state index contributed by atoms with van der Waals surface area (Å²) >= 11 is 3.51. The van der Waals surface area contributed by atoms with Gasteiger partial charge in [0.15, 0.2) is 5.82 Å². The van der Waals surface area contributed by atoms with Crippen LogP contribution in [0.25, 0.3) is 0 Å². The minimum atomic E-state index is 0.447. The molecule has 5 heteroatoms. The van der Waals surface area contributed by atoms with Gasteiger partial charge in [0.1, 0.15) is 0 Å². The average Bonchev–Trinajstić information content (AvgIpc) is 2.71. The monoisotopic (exact) mass is 230 g/mol. The maximum absolute atomic E-state index is 4.16. The van der Waals surface area contributed by atoms with E-state index in [1.165, 1.54) is 17.6 Å². The Hall–Kier alpha value is -0.450. The molecule has 0 aliphatic heterocycles. The molecule has 0 saturated heterocycles. The van der Waals surface area contributed by atoms with Crippen molar-refractivity contribution < 1.29 is 0 Å². The molecule has 66 valence electrons. The second-order valence-electron chi connectivity index (χ2n) is 3.51. The molecule has 1 aromatic rings. The predicted molar refractivity (Wildman–Crippen MR) is 48.0 cm³/mol. The van der Waals surface area contributed by atoms with E-state index in [1.807, 2.05) is 0 Å². The molecule has 1 aliphatic carbocycles. The summed E-state index contributed by atoms with van der Waals surface area (Å²) in [6, 6.07) is 0. The summed E-state index contributed by atoms with van der Waals surface area (Å²) < 4.78 is 0.